The Hall–Kier alpha value is -1.87. The number of hydrogen-bond donors (Lipinski definition) is 2. The minimum absolute atomic E-state index is 0.108. The lowest BCUT2D eigenvalue weighted by Crippen LogP contribution is -2.48. The molecule has 1 atom stereocenters. The number of likely N-dealkylation sites (tertiary alicyclic amines) is 2. The number of aliphatic hydroxyl groups excluding tert-OH is 1. The van der Waals surface area contributed by atoms with Crippen molar-refractivity contribution in [1.29, 1.82) is 0 Å². The molecule has 4 heterocycles. The Morgan fingerprint density at radius 2 is 2.07 bits per heavy atom. The van der Waals surface area contributed by atoms with E-state index in [2.05, 4.69) is 25.1 Å². The van der Waals surface area contributed by atoms with Crippen LogP contribution in [0.3, 0.4) is 0 Å². The number of carbonyl (C=O) groups is 1. The number of hydrogen-bond acceptors (Lipinski definition) is 7. The van der Waals surface area contributed by atoms with Crippen molar-refractivity contribution in [1.82, 2.24) is 19.8 Å². The molecule has 0 aliphatic carbocycles. The molecule has 0 radical (unpaired) electrons. The van der Waals surface area contributed by atoms with E-state index in [9.17, 15) is 9.90 Å². The third-order valence-corrected chi connectivity index (χ3v) is 6.66. The van der Waals surface area contributed by atoms with Gasteiger partial charge < -0.3 is 15.3 Å². The summed E-state index contributed by atoms with van der Waals surface area (Å²) in [5.41, 5.74) is 1.69. The molecule has 2 N–H and O–H groups in total. The van der Waals surface area contributed by atoms with Gasteiger partial charge in [-0.25, -0.2) is 4.98 Å². The highest BCUT2D eigenvalue weighted by atomic mass is 32.1. The first kappa shape index (κ1) is 20.4. The quantitative estimate of drug-likeness (QED) is 0.721. The van der Waals surface area contributed by atoms with Crippen LogP contribution in [0.2, 0.25) is 0 Å². The topological polar surface area (TPSA) is 81.6 Å². The lowest BCUT2D eigenvalue weighted by molar-refractivity contribution is -0.115. The SMILES string of the molecule is O=C(Cc1cccnc1)Nc1nc(CC(O)N2CCC(N3CCCC3)CC2)cs1. The fraction of sp³-hybridized carbons (Fsp3) is 0.571. The van der Waals surface area contributed by atoms with Crippen LogP contribution in [0.15, 0.2) is 29.9 Å². The molecule has 2 aromatic heterocycles. The minimum Gasteiger partial charge on any atom is -0.378 e. The summed E-state index contributed by atoms with van der Waals surface area (Å²) >= 11 is 1.40. The normalized spacial score (nSPS) is 20.0. The summed E-state index contributed by atoms with van der Waals surface area (Å²) in [7, 11) is 0. The predicted octanol–water partition coefficient (Wildman–Crippen LogP) is 2.14. The third kappa shape index (κ3) is 5.60. The Morgan fingerprint density at radius 3 is 2.79 bits per heavy atom. The summed E-state index contributed by atoms with van der Waals surface area (Å²) < 4.78 is 0. The molecule has 0 bridgehead atoms. The van der Waals surface area contributed by atoms with Crippen LogP contribution in [-0.4, -0.2) is 69.2 Å². The first-order valence-corrected chi connectivity index (χ1v) is 11.3. The first-order chi connectivity index (χ1) is 14.2. The smallest absolute Gasteiger partial charge is 0.230 e. The zero-order valence-corrected chi connectivity index (χ0v) is 17.5. The van der Waals surface area contributed by atoms with Crippen molar-refractivity contribution in [2.24, 2.45) is 0 Å². The van der Waals surface area contributed by atoms with E-state index in [4.69, 9.17) is 0 Å². The van der Waals surface area contributed by atoms with Crippen molar-refractivity contribution in [3.05, 3.63) is 41.2 Å². The monoisotopic (exact) mass is 415 g/mol. The molecule has 156 valence electrons. The van der Waals surface area contributed by atoms with Crippen molar-refractivity contribution < 1.29 is 9.90 Å². The molecule has 7 nitrogen and oxygen atoms in total. The van der Waals surface area contributed by atoms with Gasteiger partial charge in [-0.05, 0) is 50.4 Å². The van der Waals surface area contributed by atoms with Gasteiger partial charge in [0.15, 0.2) is 5.13 Å². The highest BCUT2D eigenvalue weighted by Gasteiger charge is 2.29. The summed E-state index contributed by atoms with van der Waals surface area (Å²) in [6.45, 7) is 4.34. The van der Waals surface area contributed by atoms with Gasteiger partial charge in [-0.15, -0.1) is 11.3 Å². The average Bonchev–Trinajstić information content (AvgIpc) is 3.41. The van der Waals surface area contributed by atoms with Crippen LogP contribution in [0, 0.1) is 0 Å². The third-order valence-electron chi connectivity index (χ3n) is 5.85. The van der Waals surface area contributed by atoms with Gasteiger partial charge >= 0.3 is 0 Å². The second-order valence-corrected chi connectivity index (χ2v) is 8.78. The number of aromatic nitrogens is 2. The number of thiazole rings is 1. The first-order valence-electron chi connectivity index (χ1n) is 10.5. The summed E-state index contributed by atoms with van der Waals surface area (Å²) in [5, 5.41) is 16.0. The molecule has 2 fully saturated rings. The van der Waals surface area contributed by atoms with Gasteiger partial charge in [0.05, 0.1) is 12.1 Å². The Morgan fingerprint density at radius 1 is 1.28 bits per heavy atom. The fourth-order valence-corrected chi connectivity index (χ4v) is 5.02. The number of nitrogens with one attached hydrogen (secondary N) is 1. The number of carbonyl (C=O) groups excluding carboxylic acids is 1. The van der Waals surface area contributed by atoms with Crippen LogP contribution in [0.25, 0.3) is 0 Å². The molecule has 2 aliphatic rings. The number of nitrogens with zero attached hydrogens (tertiary/aromatic N) is 4. The molecule has 2 aliphatic heterocycles. The molecule has 1 amide bonds. The maximum absolute atomic E-state index is 12.2. The molecular formula is C21H29N5O2S. The van der Waals surface area contributed by atoms with Gasteiger partial charge in [-0.1, -0.05) is 6.07 Å². The standard InChI is InChI=1S/C21H29N5O2S/c27-19(12-16-4-3-7-22-14-16)24-21-23-17(15-29-21)13-20(28)26-10-5-18(6-11-26)25-8-1-2-9-25/h3-4,7,14-15,18,20,28H,1-2,5-6,8-13H2,(H,23,24,27). The van der Waals surface area contributed by atoms with Crippen LogP contribution >= 0.6 is 11.3 Å². The average molecular weight is 416 g/mol. The van der Waals surface area contributed by atoms with E-state index < -0.39 is 6.23 Å². The molecule has 4 rings (SSSR count). The lowest BCUT2D eigenvalue weighted by atomic mass is 10.0. The number of aliphatic hydroxyl groups is 1. The number of amides is 1. The van der Waals surface area contributed by atoms with Crippen LogP contribution in [0.1, 0.15) is 36.9 Å². The Bertz CT molecular complexity index is 785. The summed E-state index contributed by atoms with van der Waals surface area (Å²) in [4.78, 5) is 25.4. The Balaban J connectivity index is 1.23. The number of piperidine rings is 1. The molecular weight excluding hydrogens is 386 g/mol. The van der Waals surface area contributed by atoms with Crippen molar-refractivity contribution in [3.8, 4) is 0 Å². The van der Waals surface area contributed by atoms with Gasteiger partial charge in [-0.3, -0.25) is 14.7 Å². The van der Waals surface area contributed by atoms with Gasteiger partial charge in [0.2, 0.25) is 5.91 Å². The molecule has 0 aromatic carbocycles. The maximum atomic E-state index is 12.2. The molecule has 8 heteroatoms. The van der Waals surface area contributed by atoms with E-state index in [1.54, 1.807) is 12.4 Å². The van der Waals surface area contributed by atoms with E-state index in [-0.39, 0.29) is 12.3 Å². The zero-order chi connectivity index (χ0) is 20.1. The lowest BCUT2D eigenvalue weighted by Gasteiger charge is -2.38. The van der Waals surface area contributed by atoms with E-state index >= 15 is 0 Å². The second-order valence-electron chi connectivity index (χ2n) is 7.93. The van der Waals surface area contributed by atoms with Gasteiger partial charge in [0, 0.05) is 43.3 Å². The van der Waals surface area contributed by atoms with E-state index in [0.29, 0.717) is 17.6 Å². The number of rotatable bonds is 7. The van der Waals surface area contributed by atoms with Gasteiger partial charge in [-0.2, -0.15) is 0 Å². The zero-order valence-electron chi connectivity index (χ0n) is 16.7. The largest absolute Gasteiger partial charge is 0.378 e. The molecule has 29 heavy (non-hydrogen) atoms. The Kier molecular flexibility index (Phi) is 6.86. The summed E-state index contributed by atoms with van der Waals surface area (Å²) in [6.07, 6.45) is 8.54. The molecule has 1 unspecified atom stereocenters. The maximum Gasteiger partial charge on any atom is 0.230 e. The van der Waals surface area contributed by atoms with Crippen LogP contribution in [0.4, 0.5) is 5.13 Å². The molecule has 0 saturated carbocycles. The summed E-state index contributed by atoms with van der Waals surface area (Å²) in [5.74, 6) is -0.108. The van der Waals surface area contributed by atoms with Crippen molar-refractivity contribution >= 4 is 22.4 Å². The van der Waals surface area contributed by atoms with Crippen LogP contribution in [-0.2, 0) is 17.6 Å². The summed E-state index contributed by atoms with van der Waals surface area (Å²) in [6, 6.07) is 4.38. The van der Waals surface area contributed by atoms with Crippen molar-refractivity contribution in [2.45, 2.75) is 50.8 Å². The van der Waals surface area contributed by atoms with Crippen molar-refractivity contribution in [2.75, 3.05) is 31.5 Å². The molecule has 0 spiro atoms. The Labute approximate surface area is 175 Å². The molecule has 2 aromatic rings. The van der Waals surface area contributed by atoms with Crippen molar-refractivity contribution in [3.63, 3.8) is 0 Å². The fourth-order valence-electron chi connectivity index (χ4n) is 4.28. The van der Waals surface area contributed by atoms with Gasteiger partial charge in [0.25, 0.3) is 0 Å². The van der Waals surface area contributed by atoms with E-state index in [0.717, 1.165) is 37.2 Å². The van der Waals surface area contributed by atoms with E-state index in [1.807, 2.05) is 17.5 Å². The van der Waals surface area contributed by atoms with Gasteiger partial charge in [0.1, 0.15) is 6.23 Å². The van der Waals surface area contributed by atoms with Crippen LogP contribution in [0.5, 0.6) is 0 Å². The number of anilines is 1. The van der Waals surface area contributed by atoms with Crippen LogP contribution < -0.4 is 5.32 Å². The van der Waals surface area contributed by atoms with E-state index in [1.165, 1.54) is 37.3 Å². The second kappa shape index (κ2) is 9.75. The predicted molar refractivity (Wildman–Crippen MR) is 114 cm³/mol. The highest BCUT2D eigenvalue weighted by molar-refractivity contribution is 7.13. The number of pyridine rings is 1. The molecule has 2 saturated heterocycles. The highest BCUT2D eigenvalue weighted by Crippen LogP contribution is 2.23. The minimum atomic E-state index is -0.518.